The van der Waals surface area contributed by atoms with Crippen molar-refractivity contribution < 1.29 is 28.4 Å². The Bertz CT molecular complexity index is 1280. The van der Waals surface area contributed by atoms with Crippen LogP contribution in [0.1, 0.15) is 35.5 Å². The van der Waals surface area contributed by atoms with Gasteiger partial charge in [-0.15, -0.1) is 0 Å². The first-order valence-corrected chi connectivity index (χ1v) is 11.7. The highest BCUT2D eigenvalue weighted by Crippen LogP contribution is 2.45. The number of hydrogen-bond donors (Lipinski definition) is 0. The maximum atomic E-state index is 13.6. The second-order valence-electron chi connectivity index (χ2n) is 8.51. The summed E-state index contributed by atoms with van der Waals surface area (Å²) < 4.78 is 16.1. The number of aromatic nitrogens is 3. The number of fused-ring (bicyclic) bond motifs is 3. The summed E-state index contributed by atoms with van der Waals surface area (Å²) in [5.41, 5.74) is -0.0149. The third kappa shape index (κ3) is 4.01. The van der Waals surface area contributed by atoms with E-state index in [9.17, 15) is 14.4 Å². The van der Waals surface area contributed by atoms with Crippen molar-refractivity contribution in [3.63, 3.8) is 0 Å². The Hall–Kier alpha value is -4.12. The number of nitrogens with zero attached hydrogens (tertiary/aromatic N) is 5. The van der Waals surface area contributed by atoms with Gasteiger partial charge in [0.05, 0.1) is 24.5 Å². The predicted octanol–water partition coefficient (Wildman–Crippen LogP) is 2.23. The molecule has 2 aliphatic rings. The van der Waals surface area contributed by atoms with E-state index in [0.717, 1.165) is 5.56 Å². The zero-order valence-corrected chi connectivity index (χ0v) is 19.8. The molecule has 0 saturated carbocycles. The molecule has 1 saturated heterocycles. The number of hydrogen-bond acceptors (Lipinski definition) is 9. The van der Waals surface area contributed by atoms with Crippen molar-refractivity contribution in [2.45, 2.75) is 31.3 Å². The van der Waals surface area contributed by atoms with E-state index in [1.807, 2.05) is 6.07 Å². The Morgan fingerprint density at radius 1 is 1.17 bits per heavy atom. The molecule has 0 radical (unpaired) electrons. The fourth-order valence-corrected chi connectivity index (χ4v) is 4.71. The van der Waals surface area contributed by atoms with E-state index in [0.29, 0.717) is 35.8 Å². The number of carbonyl (C=O) groups is 3. The largest absolute Gasteiger partial charge is 0.463 e. The van der Waals surface area contributed by atoms with E-state index < -0.39 is 11.6 Å². The molecule has 0 N–H and O–H groups in total. The Kier molecular flexibility index (Phi) is 6.47. The number of methoxy groups -OCH3 is 1. The smallest absolute Gasteiger partial charge is 0.353 e. The normalized spacial score (nSPS) is 18.8. The Morgan fingerprint density at radius 2 is 2.03 bits per heavy atom. The molecule has 0 aliphatic carbocycles. The topological polar surface area (TPSA) is 128 Å². The Balaban J connectivity index is 1.31. The van der Waals surface area contributed by atoms with Crippen LogP contribution >= 0.6 is 0 Å². The third-order valence-electron chi connectivity index (χ3n) is 6.38. The van der Waals surface area contributed by atoms with Gasteiger partial charge in [0.25, 0.3) is 5.91 Å². The number of anilines is 1. The highest BCUT2D eigenvalue weighted by atomic mass is 16.5. The molecule has 186 valence electrons. The van der Waals surface area contributed by atoms with E-state index in [1.165, 1.54) is 16.9 Å². The van der Waals surface area contributed by atoms with Gasteiger partial charge in [0.15, 0.2) is 0 Å². The molecule has 1 unspecified atom stereocenters. The van der Waals surface area contributed by atoms with Crippen molar-refractivity contribution in [2.24, 2.45) is 0 Å². The molecule has 11 nitrogen and oxygen atoms in total. The van der Waals surface area contributed by atoms with E-state index in [1.54, 1.807) is 42.7 Å². The minimum Gasteiger partial charge on any atom is -0.463 e. The molecule has 0 spiro atoms. The minimum atomic E-state index is -1.54. The summed E-state index contributed by atoms with van der Waals surface area (Å²) in [4.78, 5) is 51.2. The zero-order valence-electron chi connectivity index (χ0n) is 19.8. The Morgan fingerprint density at radius 3 is 2.83 bits per heavy atom. The average molecular weight is 492 g/mol. The van der Waals surface area contributed by atoms with E-state index in [4.69, 9.17) is 14.0 Å². The minimum absolute atomic E-state index is 0.0567. The molecule has 2 aliphatic heterocycles. The fraction of sp³-hybridized carbons (Fsp3) is 0.360. The van der Waals surface area contributed by atoms with Crippen LogP contribution in [0.4, 0.5) is 5.69 Å². The molecule has 1 fully saturated rings. The number of para-hydroxylation sites is 1. The quantitative estimate of drug-likeness (QED) is 0.327. The van der Waals surface area contributed by atoms with Gasteiger partial charge >= 0.3 is 5.97 Å². The van der Waals surface area contributed by atoms with Crippen LogP contribution in [-0.2, 0) is 25.5 Å². The van der Waals surface area contributed by atoms with E-state index in [-0.39, 0.29) is 44.4 Å². The van der Waals surface area contributed by atoms with Gasteiger partial charge < -0.3 is 18.9 Å². The number of esters is 1. The summed E-state index contributed by atoms with van der Waals surface area (Å²) in [6, 6.07) is 10.4. The molecule has 5 rings (SSSR count). The number of benzene rings is 1. The maximum Gasteiger partial charge on any atom is 0.353 e. The molecule has 3 aromatic rings. The first-order chi connectivity index (χ1) is 17.6. The van der Waals surface area contributed by atoms with Crippen molar-refractivity contribution in [3.8, 4) is 11.4 Å². The lowest BCUT2D eigenvalue weighted by Gasteiger charge is -2.48. The molecule has 11 heteroatoms. The van der Waals surface area contributed by atoms with Crippen LogP contribution in [0.15, 0.2) is 53.3 Å². The standard InChI is InChI=1S/C25H25N5O6/c1-34-15-13-29-23(32)18-7-2-3-8-19(18)30-21(31)10-11-25(29,30)24(33)35-14-5-9-20-27-22(28-36-20)17-6-4-12-26-16-17/h2-4,6-8,12,16H,5,9-11,13-15H2,1H3. The highest BCUT2D eigenvalue weighted by Gasteiger charge is 2.61. The van der Waals surface area contributed by atoms with Gasteiger partial charge in [-0.05, 0) is 30.7 Å². The summed E-state index contributed by atoms with van der Waals surface area (Å²) in [7, 11) is 1.52. The highest BCUT2D eigenvalue weighted by molar-refractivity contribution is 6.15. The van der Waals surface area contributed by atoms with Crippen LogP contribution < -0.4 is 4.90 Å². The lowest BCUT2D eigenvalue weighted by Crippen LogP contribution is -2.69. The fourth-order valence-electron chi connectivity index (χ4n) is 4.71. The zero-order chi connectivity index (χ0) is 25.1. The number of amides is 2. The molecule has 2 aromatic heterocycles. The van der Waals surface area contributed by atoms with Crippen molar-refractivity contribution in [1.82, 2.24) is 20.0 Å². The second kappa shape index (κ2) is 9.86. The molecular weight excluding hydrogens is 466 g/mol. The summed E-state index contributed by atoms with van der Waals surface area (Å²) >= 11 is 0. The van der Waals surface area contributed by atoms with Gasteiger partial charge in [-0.1, -0.05) is 17.3 Å². The average Bonchev–Trinajstić information content (AvgIpc) is 3.52. The molecule has 1 aromatic carbocycles. The van der Waals surface area contributed by atoms with Crippen molar-refractivity contribution in [1.29, 1.82) is 0 Å². The molecule has 4 heterocycles. The van der Waals surface area contributed by atoms with Gasteiger partial charge in [0, 0.05) is 50.9 Å². The number of carbonyl (C=O) groups excluding carboxylic acids is 3. The summed E-state index contributed by atoms with van der Waals surface area (Å²) in [6.45, 7) is 0.407. The van der Waals surface area contributed by atoms with Gasteiger partial charge in [-0.3, -0.25) is 19.5 Å². The number of rotatable bonds is 9. The second-order valence-corrected chi connectivity index (χ2v) is 8.51. The van der Waals surface area contributed by atoms with Crippen LogP contribution in [0.3, 0.4) is 0 Å². The van der Waals surface area contributed by atoms with E-state index >= 15 is 0 Å². The number of pyridine rings is 1. The summed E-state index contributed by atoms with van der Waals surface area (Å²) in [5.74, 6) is -0.372. The van der Waals surface area contributed by atoms with Gasteiger partial charge in [0.1, 0.15) is 0 Å². The van der Waals surface area contributed by atoms with Crippen molar-refractivity contribution in [3.05, 3.63) is 60.2 Å². The molecule has 36 heavy (non-hydrogen) atoms. The van der Waals surface area contributed by atoms with Crippen LogP contribution in [-0.4, -0.2) is 70.3 Å². The molecule has 1 atom stereocenters. The van der Waals surface area contributed by atoms with Crippen molar-refractivity contribution >= 4 is 23.5 Å². The van der Waals surface area contributed by atoms with Gasteiger partial charge in [-0.2, -0.15) is 4.98 Å². The monoisotopic (exact) mass is 491 g/mol. The van der Waals surface area contributed by atoms with Crippen LogP contribution in [0.25, 0.3) is 11.4 Å². The van der Waals surface area contributed by atoms with Gasteiger partial charge in [-0.25, -0.2) is 4.79 Å². The lowest BCUT2D eigenvalue weighted by molar-refractivity contribution is -0.157. The first-order valence-electron chi connectivity index (χ1n) is 11.7. The molecule has 0 bridgehead atoms. The lowest BCUT2D eigenvalue weighted by atomic mass is 9.96. The predicted molar refractivity (Wildman–Crippen MR) is 126 cm³/mol. The Labute approximate surface area is 207 Å². The number of ether oxygens (including phenoxy) is 2. The van der Waals surface area contributed by atoms with Gasteiger partial charge in [0.2, 0.25) is 23.3 Å². The van der Waals surface area contributed by atoms with Crippen LogP contribution in [0.2, 0.25) is 0 Å². The van der Waals surface area contributed by atoms with Crippen molar-refractivity contribution in [2.75, 3.05) is 31.8 Å². The molecule has 2 amide bonds. The maximum absolute atomic E-state index is 13.6. The third-order valence-corrected chi connectivity index (χ3v) is 6.38. The SMILES string of the molecule is COCCN1C(=O)c2ccccc2N2C(=O)CCC12C(=O)OCCCc1nc(-c2cccnc2)no1. The number of aryl methyl sites for hydroxylation is 1. The molecular formula is C25H25N5O6. The van der Waals surface area contributed by atoms with E-state index in [2.05, 4.69) is 15.1 Å². The van der Waals surface area contributed by atoms with Crippen LogP contribution in [0.5, 0.6) is 0 Å². The first kappa shape index (κ1) is 23.6. The summed E-state index contributed by atoms with van der Waals surface area (Å²) in [6.07, 6.45) is 4.39. The summed E-state index contributed by atoms with van der Waals surface area (Å²) in [5, 5.41) is 3.96. The van der Waals surface area contributed by atoms with Crippen LogP contribution in [0, 0.1) is 0 Å².